The molecule has 0 aliphatic heterocycles. The Labute approximate surface area is 158 Å². The van der Waals surface area contributed by atoms with Gasteiger partial charge in [0.25, 0.3) is 0 Å². The van der Waals surface area contributed by atoms with E-state index in [0.29, 0.717) is 23.0 Å². The number of alkyl carbamates (subject to hydrolysis) is 1. The minimum atomic E-state index is -0.740. The first-order valence-electron chi connectivity index (χ1n) is 8.76. The van der Waals surface area contributed by atoms with Crippen molar-refractivity contribution in [2.75, 3.05) is 5.32 Å². The summed E-state index contributed by atoms with van der Waals surface area (Å²) in [4.78, 5) is 28.9. The molecule has 8 nitrogen and oxygen atoms in total. The summed E-state index contributed by atoms with van der Waals surface area (Å²) < 4.78 is 10.2. The summed E-state index contributed by atoms with van der Waals surface area (Å²) in [5, 5.41) is 9.31. The summed E-state index contributed by atoms with van der Waals surface area (Å²) in [5.74, 6) is 0.439. The van der Waals surface area contributed by atoms with E-state index in [0.717, 1.165) is 0 Å². The van der Waals surface area contributed by atoms with E-state index >= 15 is 0 Å². The fraction of sp³-hybridized carbons (Fsp3) is 0.474. The monoisotopic (exact) mass is 374 g/mol. The highest BCUT2D eigenvalue weighted by atomic mass is 16.6. The first kappa shape index (κ1) is 20.4. The molecular weight excluding hydrogens is 348 g/mol. The summed E-state index contributed by atoms with van der Waals surface area (Å²) in [6.07, 6.45) is -0.632. The summed E-state index contributed by atoms with van der Waals surface area (Å²) in [6, 6.07) is 6.35. The number of anilines is 1. The lowest BCUT2D eigenvalue weighted by atomic mass is 10.0. The van der Waals surface area contributed by atoms with Gasteiger partial charge >= 0.3 is 6.09 Å². The number of benzene rings is 1. The van der Waals surface area contributed by atoms with Crippen molar-refractivity contribution in [2.45, 2.75) is 53.2 Å². The van der Waals surface area contributed by atoms with E-state index in [1.54, 1.807) is 45.9 Å². The number of ether oxygens (including phenoxy) is 1. The summed E-state index contributed by atoms with van der Waals surface area (Å²) in [6.45, 7) is 10.7. The zero-order valence-corrected chi connectivity index (χ0v) is 16.5. The number of carbonyl (C=O) groups is 2. The lowest BCUT2D eigenvalue weighted by Gasteiger charge is -2.25. The minimum Gasteiger partial charge on any atom is -0.444 e. The molecule has 0 saturated heterocycles. The van der Waals surface area contributed by atoms with Crippen molar-refractivity contribution in [2.24, 2.45) is 5.92 Å². The van der Waals surface area contributed by atoms with Crippen LogP contribution >= 0.6 is 0 Å². The second-order valence-corrected chi connectivity index (χ2v) is 7.57. The van der Waals surface area contributed by atoms with Gasteiger partial charge in [0.2, 0.25) is 17.6 Å². The van der Waals surface area contributed by atoms with Crippen molar-refractivity contribution in [3.8, 4) is 11.4 Å². The van der Waals surface area contributed by atoms with Gasteiger partial charge in [0, 0.05) is 18.2 Å². The van der Waals surface area contributed by atoms with Crippen molar-refractivity contribution < 1.29 is 18.8 Å². The highest BCUT2D eigenvalue weighted by Crippen LogP contribution is 2.20. The summed E-state index contributed by atoms with van der Waals surface area (Å²) in [5.41, 5.74) is 0.640. The Kier molecular flexibility index (Phi) is 6.20. The molecule has 2 rings (SSSR count). The van der Waals surface area contributed by atoms with Gasteiger partial charge in [-0.15, -0.1) is 0 Å². The molecule has 1 aromatic carbocycles. The number of aromatic nitrogens is 2. The topological polar surface area (TPSA) is 106 Å². The Morgan fingerprint density at radius 1 is 1.22 bits per heavy atom. The second kappa shape index (κ2) is 8.20. The van der Waals surface area contributed by atoms with Gasteiger partial charge < -0.3 is 19.9 Å². The smallest absolute Gasteiger partial charge is 0.408 e. The van der Waals surface area contributed by atoms with Gasteiger partial charge in [0.15, 0.2) is 0 Å². The van der Waals surface area contributed by atoms with E-state index in [2.05, 4.69) is 20.8 Å². The van der Waals surface area contributed by atoms with Gasteiger partial charge in [-0.1, -0.05) is 31.1 Å². The standard InChI is InChI=1S/C19H26N4O4/c1-11(2)15(22-18(25)26-19(4,5)6)17(24)21-14-9-7-8-13(10-14)16-20-12(3)27-23-16/h7-11,15H,1-6H3,(H,21,24)(H,22,25). The third-order valence-corrected chi connectivity index (χ3v) is 3.54. The molecule has 1 heterocycles. The van der Waals surface area contributed by atoms with Crippen LogP contribution in [0.25, 0.3) is 11.4 Å². The SMILES string of the molecule is Cc1nc(-c2cccc(NC(=O)C(NC(=O)OC(C)(C)C)C(C)C)c2)no1. The van der Waals surface area contributed by atoms with E-state index in [4.69, 9.17) is 9.26 Å². The third-order valence-electron chi connectivity index (χ3n) is 3.54. The maximum Gasteiger partial charge on any atom is 0.408 e. The van der Waals surface area contributed by atoms with Gasteiger partial charge in [0.1, 0.15) is 11.6 Å². The Hall–Kier alpha value is -2.90. The molecule has 0 fully saturated rings. The third kappa shape index (κ3) is 6.09. The second-order valence-electron chi connectivity index (χ2n) is 7.57. The van der Waals surface area contributed by atoms with Crippen LogP contribution in [0.2, 0.25) is 0 Å². The Bertz CT molecular complexity index is 808. The maximum absolute atomic E-state index is 12.7. The van der Waals surface area contributed by atoms with Crippen molar-refractivity contribution in [3.05, 3.63) is 30.2 Å². The minimum absolute atomic E-state index is 0.124. The molecule has 0 saturated carbocycles. The van der Waals surface area contributed by atoms with Crippen molar-refractivity contribution in [3.63, 3.8) is 0 Å². The number of carbonyl (C=O) groups excluding carboxylic acids is 2. The van der Waals surface area contributed by atoms with E-state index in [1.165, 1.54) is 0 Å². The van der Waals surface area contributed by atoms with E-state index in [9.17, 15) is 9.59 Å². The number of rotatable bonds is 5. The zero-order chi connectivity index (χ0) is 20.2. The number of hydrogen-bond donors (Lipinski definition) is 2. The molecule has 8 heteroatoms. The average molecular weight is 374 g/mol. The maximum atomic E-state index is 12.7. The van der Waals surface area contributed by atoms with Gasteiger partial charge in [0.05, 0.1) is 0 Å². The number of nitrogens with zero attached hydrogens (tertiary/aromatic N) is 2. The van der Waals surface area contributed by atoms with E-state index in [1.807, 2.05) is 19.9 Å². The van der Waals surface area contributed by atoms with E-state index < -0.39 is 17.7 Å². The van der Waals surface area contributed by atoms with Crippen molar-refractivity contribution in [1.29, 1.82) is 0 Å². The predicted octanol–water partition coefficient (Wildman–Crippen LogP) is 3.53. The molecule has 1 unspecified atom stereocenters. The zero-order valence-electron chi connectivity index (χ0n) is 16.5. The first-order valence-corrected chi connectivity index (χ1v) is 8.76. The molecule has 27 heavy (non-hydrogen) atoms. The highest BCUT2D eigenvalue weighted by Gasteiger charge is 2.27. The predicted molar refractivity (Wildman–Crippen MR) is 101 cm³/mol. The average Bonchev–Trinajstić information content (AvgIpc) is 2.97. The van der Waals surface area contributed by atoms with Crippen LogP contribution in [-0.4, -0.2) is 33.8 Å². The number of amides is 2. The Morgan fingerprint density at radius 2 is 1.93 bits per heavy atom. The molecule has 0 radical (unpaired) electrons. The molecule has 0 aliphatic carbocycles. The molecule has 0 bridgehead atoms. The fourth-order valence-electron chi connectivity index (χ4n) is 2.34. The largest absolute Gasteiger partial charge is 0.444 e. The highest BCUT2D eigenvalue weighted by molar-refractivity contribution is 5.97. The normalized spacial score (nSPS) is 12.6. The lowest BCUT2D eigenvalue weighted by molar-refractivity contribution is -0.119. The molecule has 2 N–H and O–H groups in total. The van der Waals surface area contributed by atoms with Crippen LogP contribution in [0.15, 0.2) is 28.8 Å². The molecule has 2 amide bonds. The number of nitrogens with one attached hydrogen (secondary N) is 2. The first-order chi connectivity index (χ1) is 12.5. The Balaban J connectivity index is 2.10. The number of aryl methyl sites for hydroxylation is 1. The van der Waals surface area contributed by atoms with Crippen LogP contribution in [0.5, 0.6) is 0 Å². The van der Waals surface area contributed by atoms with Crippen LogP contribution in [0.1, 0.15) is 40.5 Å². The van der Waals surface area contributed by atoms with Crippen LogP contribution in [-0.2, 0) is 9.53 Å². The quantitative estimate of drug-likeness (QED) is 0.829. The molecule has 2 aromatic rings. The summed E-state index contributed by atoms with van der Waals surface area (Å²) in [7, 11) is 0. The molecule has 1 aromatic heterocycles. The van der Waals surface area contributed by atoms with Crippen LogP contribution in [0, 0.1) is 12.8 Å². The number of hydrogen-bond acceptors (Lipinski definition) is 6. The van der Waals surface area contributed by atoms with Crippen molar-refractivity contribution >= 4 is 17.7 Å². The van der Waals surface area contributed by atoms with Crippen LogP contribution < -0.4 is 10.6 Å². The molecule has 1 atom stereocenters. The van der Waals surface area contributed by atoms with Gasteiger partial charge in [-0.05, 0) is 38.8 Å². The van der Waals surface area contributed by atoms with Crippen LogP contribution in [0.3, 0.4) is 0 Å². The molecular formula is C19H26N4O4. The fourth-order valence-corrected chi connectivity index (χ4v) is 2.34. The molecule has 0 aliphatic rings. The van der Waals surface area contributed by atoms with Crippen LogP contribution in [0.4, 0.5) is 10.5 Å². The Morgan fingerprint density at radius 3 is 2.48 bits per heavy atom. The molecule has 0 spiro atoms. The lowest BCUT2D eigenvalue weighted by Crippen LogP contribution is -2.48. The van der Waals surface area contributed by atoms with Gasteiger partial charge in [-0.3, -0.25) is 4.79 Å². The van der Waals surface area contributed by atoms with Gasteiger partial charge in [-0.2, -0.15) is 4.98 Å². The molecule has 146 valence electrons. The van der Waals surface area contributed by atoms with E-state index in [-0.39, 0.29) is 11.8 Å². The van der Waals surface area contributed by atoms with Crippen molar-refractivity contribution in [1.82, 2.24) is 15.5 Å². The van der Waals surface area contributed by atoms with Gasteiger partial charge in [-0.25, -0.2) is 4.79 Å². The summed E-state index contributed by atoms with van der Waals surface area (Å²) >= 11 is 0.